The van der Waals surface area contributed by atoms with Gasteiger partial charge in [-0.15, -0.1) is 0 Å². The molecule has 1 aliphatic carbocycles. The maximum absolute atomic E-state index is 12.4. The summed E-state index contributed by atoms with van der Waals surface area (Å²) in [7, 11) is 5.40. The van der Waals surface area contributed by atoms with E-state index in [1.165, 1.54) is 0 Å². The van der Waals surface area contributed by atoms with E-state index in [0.29, 0.717) is 0 Å². The van der Waals surface area contributed by atoms with Gasteiger partial charge < -0.3 is 23.7 Å². The first-order valence-corrected chi connectivity index (χ1v) is 7.68. The van der Waals surface area contributed by atoms with Crippen molar-refractivity contribution >= 4 is 29.8 Å². The topological polar surface area (TPSA) is 132 Å². The molecule has 0 aromatic carbocycles. The fraction of sp³-hybridized carbons (Fsp3) is 0.688. The van der Waals surface area contributed by atoms with Crippen molar-refractivity contribution in [3.8, 4) is 0 Å². The van der Waals surface area contributed by atoms with E-state index >= 15 is 0 Å². The average Bonchev–Trinajstić information content (AvgIpc) is 2.68. The highest BCUT2D eigenvalue weighted by molar-refractivity contribution is 5.94. The molecule has 4 unspecified atom stereocenters. The summed E-state index contributed by atoms with van der Waals surface area (Å²) in [6, 6.07) is 0. The van der Waals surface area contributed by atoms with Crippen LogP contribution in [0.2, 0.25) is 0 Å². The van der Waals surface area contributed by atoms with Gasteiger partial charge in [-0.25, -0.2) is 0 Å². The van der Waals surface area contributed by atoms with Gasteiger partial charge in [0.05, 0.1) is 65.1 Å². The molecule has 0 radical (unpaired) electrons. The van der Waals surface area contributed by atoms with Gasteiger partial charge in [-0.2, -0.15) is 0 Å². The Morgan fingerprint density at radius 2 is 0.769 bits per heavy atom. The number of rotatable bonds is 5. The van der Waals surface area contributed by atoms with E-state index in [2.05, 4.69) is 0 Å². The van der Waals surface area contributed by atoms with Crippen LogP contribution in [0, 0.1) is 29.6 Å². The third-order valence-corrected chi connectivity index (χ3v) is 4.58. The summed E-state index contributed by atoms with van der Waals surface area (Å²) in [6.07, 6.45) is -0.258. The Morgan fingerprint density at radius 1 is 0.500 bits per heavy atom. The van der Waals surface area contributed by atoms with E-state index in [1.807, 2.05) is 0 Å². The lowest BCUT2D eigenvalue weighted by atomic mass is 9.61. The summed E-state index contributed by atoms with van der Waals surface area (Å²) in [6.45, 7) is 0. The van der Waals surface area contributed by atoms with Gasteiger partial charge in [0, 0.05) is 0 Å². The van der Waals surface area contributed by atoms with E-state index in [1.54, 1.807) is 0 Å². The normalized spacial score (nSPS) is 27.7. The van der Waals surface area contributed by atoms with Crippen LogP contribution >= 0.6 is 0 Å². The van der Waals surface area contributed by atoms with Crippen LogP contribution in [0.25, 0.3) is 0 Å². The number of hydrogen-bond donors (Lipinski definition) is 0. The Balaban J connectivity index is 3.60. The molecule has 1 rings (SSSR count). The summed E-state index contributed by atoms with van der Waals surface area (Å²) < 4.78 is 23.5. The van der Waals surface area contributed by atoms with E-state index < -0.39 is 59.4 Å². The highest BCUT2D eigenvalue weighted by Gasteiger charge is 2.59. The number of carbonyl (C=O) groups excluding carboxylic acids is 5. The van der Waals surface area contributed by atoms with Gasteiger partial charge in [-0.1, -0.05) is 0 Å². The molecule has 0 spiro atoms. The van der Waals surface area contributed by atoms with E-state index in [4.69, 9.17) is 23.7 Å². The van der Waals surface area contributed by atoms with Gasteiger partial charge in [0.25, 0.3) is 0 Å². The maximum Gasteiger partial charge on any atom is 0.310 e. The zero-order valence-electron chi connectivity index (χ0n) is 15.2. The summed E-state index contributed by atoms with van der Waals surface area (Å²) in [4.78, 5) is 61.5. The molecule has 1 saturated carbocycles. The minimum atomic E-state index is -1.48. The van der Waals surface area contributed by atoms with Crippen LogP contribution in [0.15, 0.2) is 0 Å². The Hall–Kier alpha value is -2.65. The van der Waals surface area contributed by atoms with Crippen LogP contribution in [0.3, 0.4) is 0 Å². The monoisotopic (exact) mass is 374 g/mol. The lowest BCUT2D eigenvalue weighted by molar-refractivity contribution is -0.185. The zero-order valence-corrected chi connectivity index (χ0v) is 15.2. The molecule has 0 aromatic heterocycles. The molecule has 10 heteroatoms. The lowest BCUT2D eigenvalue weighted by Crippen LogP contribution is -2.54. The fourth-order valence-electron chi connectivity index (χ4n) is 3.40. The number of ether oxygens (including phenoxy) is 5. The second kappa shape index (κ2) is 9.16. The van der Waals surface area contributed by atoms with Crippen LogP contribution in [0.5, 0.6) is 0 Å². The standard InChI is InChI=1S/C16H22O10/c1-22-12(17)7-6-8(13(18)23-2)10(15(20)25-4)11(16(21)26-5)9(7)14(19)24-3/h7-11H,6H2,1-5H3. The molecule has 0 aromatic rings. The van der Waals surface area contributed by atoms with Crippen molar-refractivity contribution in [2.24, 2.45) is 29.6 Å². The molecule has 1 aliphatic rings. The molecule has 26 heavy (non-hydrogen) atoms. The molecule has 4 atom stereocenters. The van der Waals surface area contributed by atoms with Gasteiger partial charge in [0.2, 0.25) is 0 Å². The van der Waals surface area contributed by atoms with Crippen molar-refractivity contribution in [2.45, 2.75) is 6.42 Å². The first-order chi connectivity index (χ1) is 12.3. The van der Waals surface area contributed by atoms with Crippen LogP contribution in [0.1, 0.15) is 6.42 Å². The second-order valence-corrected chi connectivity index (χ2v) is 5.64. The first-order valence-electron chi connectivity index (χ1n) is 7.68. The molecule has 1 fully saturated rings. The summed E-state index contributed by atoms with van der Waals surface area (Å²) in [5, 5.41) is 0. The molecule has 10 nitrogen and oxygen atoms in total. The number of hydrogen-bond acceptors (Lipinski definition) is 10. The fourth-order valence-corrected chi connectivity index (χ4v) is 3.40. The smallest absolute Gasteiger partial charge is 0.310 e. The third kappa shape index (κ3) is 3.94. The van der Waals surface area contributed by atoms with Crippen LogP contribution in [0.4, 0.5) is 0 Å². The maximum atomic E-state index is 12.4. The van der Waals surface area contributed by atoms with Gasteiger partial charge in [0.1, 0.15) is 0 Å². The summed E-state index contributed by atoms with van der Waals surface area (Å²) >= 11 is 0. The van der Waals surface area contributed by atoms with Crippen molar-refractivity contribution in [3.63, 3.8) is 0 Å². The number of esters is 5. The van der Waals surface area contributed by atoms with Crippen molar-refractivity contribution in [2.75, 3.05) is 35.5 Å². The van der Waals surface area contributed by atoms with Crippen LogP contribution in [-0.4, -0.2) is 65.4 Å². The highest BCUT2D eigenvalue weighted by atomic mass is 16.5. The van der Waals surface area contributed by atoms with Gasteiger partial charge in [0.15, 0.2) is 0 Å². The number of carbonyl (C=O) groups is 5. The Kier molecular flexibility index (Phi) is 7.54. The summed E-state index contributed by atoms with van der Waals surface area (Å²) in [5.74, 6) is -11.1. The van der Waals surface area contributed by atoms with E-state index in [-0.39, 0.29) is 6.42 Å². The third-order valence-electron chi connectivity index (χ3n) is 4.58. The number of methoxy groups -OCH3 is 5. The summed E-state index contributed by atoms with van der Waals surface area (Å²) in [5.41, 5.74) is 0. The SMILES string of the molecule is COC(=O)C1CC(C(=O)OC)C(C(=O)OC)C(C(=O)OC)C1C(=O)OC. The molecule has 0 heterocycles. The Morgan fingerprint density at radius 3 is 1.04 bits per heavy atom. The predicted octanol–water partition coefficient (Wildman–Crippen LogP) is -0.664. The molecule has 146 valence electrons. The molecule has 0 aliphatic heterocycles. The zero-order chi connectivity index (χ0) is 20.0. The van der Waals surface area contributed by atoms with E-state index in [0.717, 1.165) is 35.5 Å². The molecular weight excluding hydrogens is 352 g/mol. The van der Waals surface area contributed by atoms with Crippen molar-refractivity contribution in [3.05, 3.63) is 0 Å². The first kappa shape index (κ1) is 21.4. The van der Waals surface area contributed by atoms with Crippen LogP contribution < -0.4 is 0 Å². The Labute approximate surface area is 150 Å². The van der Waals surface area contributed by atoms with Gasteiger partial charge in [-0.05, 0) is 6.42 Å². The second-order valence-electron chi connectivity index (χ2n) is 5.64. The molecule has 0 bridgehead atoms. The molecule has 0 saturated heterocycles. The average molecular weight is 374 g/mol. The molecule has 0 N–H and O–H groups in total. The minimum Gasteiger partial charge on any atom is -0.469 e. The highest BCUT2D eigenvalue weighted by Crippen LogP contribution is 2.45. The quantitative estimate of drug-likeness (QED) is 0.451. The van der Waals surface area contributed by atoms with Crippen molar-refractivity contribution in [1.29, 1.82) is 0 Å². The lowest BCUT2D eigenvalue weighted by Gasteiger charge is -2.40. The molecular formula is C16H22O10. The van der Waals surface area contributed by atoms with Gasteiger partial charge >= 0.3 is 29.8 Å². The molecule has 0 amide bonds. The van der Waals surface area contributed by atoms with Crippen LogP contribution in [-0.2, 0) is 47.7 Å². The van der Waals surface area contributed by atoms with Gasteiger partial charge in [-0.3, -0.25) is 24.0 Å². The van der Waals surface area contributed by atoms with Crippen molar-refractivity contribution in [1.82, 2.24) is 0 Å². The predicted molar refractivity (Wildman–Crippen MR) is 82.1 cm³/mol. The Bertz CT molecular complexity index is 542. The largest absolute Gasteiger partial charge is 0.469 e. The minimum absolute atomic E-state index is 0.258. The van der Waals surface area contributed by atoms with Crippen molar-refractivity contribution < 1.29 is 47.7 Å². The van der Waals surface area contributed by atoms with E-state index in [9.17, 15) is 24.0 Å².